The van der Waals surface area contributed by atoms with E-state index in [0.29, 0.717) is 12.5 Å². The summed E-state index contributed by atoms with van der Waals surface area (Å²) in [4.78, 5) is 6.47. The number of aliphatic imine (C=N–C) groups is 1. The van der Waals surface area contributed by atoms with Crippen LogP contribution in [0.2, 0.25) is 0 Å². The molecular formula is C11H24IN3O. The third-order valence-electron chi connectivity index (χ3n) is 2.96. The van der Waals surface area contributed by atoms with Crippen molar-refractivity contribution in [2.75, 3.05) is 26.2 Å². The molecule has 0 spiro atoms. The first-order valence-corrected chi connectivity index (χ1v) is 5.80. The normalized spacial score (nSPS) is 25.3. The summed E-state index contributed by atoms with van der Waals surface area (Å²) in [5.74, 6) is 0.636. The standard InChI is InChI=1S/C11H23N3O.HI/c1-4-14(5-2)10(12)13-9-11(3)7-6-8-15-11;/h4-9H2,1-3H3,(H2,12,13);1H. The summed E-state index contributed by atoms with van der Waals surface area (Å²) in [5.41, 5.74) is 5.81. The van der Waals surface area contributed by atoms with E-state index in [0.717, 1.165) is 32.5 Å². The van der Waals surface area contributed by atoms with Gasteiger partial charge in [-0.3, -0.25) is 4.99 Å². The first kappa shape index (κ1) is 16.0. The van der Waals surface area contributed by atoms with Gasteiger partial charge in [0.15, 0.2) is 5.96 Å². The minimum atomic E-state index is -0.0855. The zero-order valence-electron chi connectivity index (χ0n) is 10.5. The summed E-state index contributed by atoms with van der Waals surface area (Å²) in [7, 11) is 0. The number of nitrogens with two attached hydrogens (primary N) is 1. The Hall–Kier alpha value is -0.0400. The zero-order valence-corrected chi connectivity index (χ0v) is 12.9. The van der Waals surface area contributed by atoms with Crippen molar-refractivity contribution in [1.82, 2.24) is 4.90 Å². The van der Waals surface area contributed by atoms with Crippen molar-refractivity contribution in [1.29, 1.82) is 0 Å². The van der Waals surface area contributed by atoms with Crippen LogP contribution in [0, 0.1) is 0 Å². The quantitative estimate of drug-likeness (QED) is 0.482. The molecule has 1 aliphatic rings. The summed E-state index contributed by atoms with van der Waals surface area (Å²) >= 11 is 0. The van der Waals surface area contributed by atoms with Gasteiger partial charge in [0, 0.05) is 19.7 Å². The Balaban J connectivity index is 0.00000225. The lowest BCUT2D eigenvalue weighted by atomic mass is 10.0. The van der Waals surface area contributed by atoms with E-state index in [-0.39, 0.29) is 29.6 Å². The Morgan fingerprint density at radius 3 is 2.50 bits per heavy atom. The molecule has 1 fully saturated rings. The first-order valence-electron chi connectivity index (χ1n) is 5.80. The summed E-state index contributed by atoms with van der Waals surface area (Å²) in [6.45, 7) is 9.62. The lowest BCUT2D eigenvalue weighted by Gasteiger charge is -2.23. The van der Waals surface area contributed by atoms with E-state index in [1.165, 1.54) is 0 Å². The number of ether oxygens (including phenoxy) is 1. The number of nitrogens with zero attached hydrogens (tertiary/aromatic N) is 2. The van der Waals surface area contributed by atoms with Crippen LogP contribution < -0.4 is 5.73 Å². The first-order chi connectivity index (χ1) is 7.11. The molecule has 0 amide bonds. The topological polar surface area (TPSA) is 50.8 Å². The molecule has 0 aromatic carbocycles. The molecule has 1 heterocycles. The van der Waals surface area contributed by atoms with Gasteiger partial charge >= 0.3 is 0 Å². The van der Waals surface area contributed by atoms with Gasteiger partial charge in [-0.1, -0.05) is 0 Å². The van der Waals surface area contributed by atoms with Gasteiger partial charge in [-0.25, -0.2) is 0 Å². The van der Waals surface area contributed by atoms with E-state index in [2.05, 4.69) is 30.7 Å². The summed E-state index contributed by atoms with van der Waals surface area (Å²) in [6, 6.07) is 0. The Morgan fingerprint density at radius 2 is 2.06 bits per heavy atom. The van der Waals surface area contributed by atoms with E-state index in [1.54, 1.807) is 0 Å². The van der Waals surface area contributed by atoms with Gasteiger partial charge in [-0.15, -0.1) is 24.0 Å². The summed E-state index contributed by atoms with van der Waals surface area (Å²) < 4.78 is 5.66. The Morgan fingerprint density at radius 1 is 1.44 bits per heavy atom. The maximum absolute atomic E-state index is 5.90. The third kappa shape index (κ3) is 4.45. The van der Waals surface area contributed by atoms with E-state index in [4.69, 9.17) is 10.5 Å². The van der Waals surface area contributed by atoms with Crippen molar-refractivity contribution in [3.05, 3.63) is 0 Å². The molecule has 0 aromatic heterocycles. The molecule has 16 heavy (non-hydrogen) atoms. The zero-order chi connectivity index (χ0) is 11.3. The molecule has 1 unspecified atom stereocenters. The van der Waals surface area contributed by atoms with Crippen LogP contribution in [0.15, 0.2) is 4.99 Å². The highest BCUT2D eigenvalue weighted by molar-refractivity contribution is 14.0. The van der Waals surface area contributed by atoms with Crippen molar-refractivity contribution in [2.45, 2.75) is 39.2 Å². The van der Waals surface area contributed by atoms with E-state index >= 15 is 0 Å². The Kier molecular flexibility index (Phi) is 7.30. The Bertz CT molecular complexity index is 223. The monoisotopic (exact) mass is 341 g/mol. The molecule has 96 valence electrons. The molecular weight excluding hydrogens is 317 g/mol. The summed E-state index contributed by atoms with van der Waals surface area (Å²) in [5, 5.41) is 0. The molecule has 1 rings (SSSR count). The average Bonchev–Trinajstić information content (AvgIpc) is 2.65. The van der Waals surface area contributed by atoms with E-state index in [1.807, 2.05) is 0 Å². The maximum Gasteiger partial charge on any atom is 0.191 e. The number of rotatable bonds is 4. The highest BCUT2D eigenvalue weighted by atomic mass is 127. The van der Waals surface area contributed by atoms with Gasteiger partial charge in [0.2, 0.25) is 0 Å². The van der Waals surface area contributed by atoms with Crippen LogP contribution in [-0.4, -0.2) is 42.7 Å². The molecule has 0 aromatic rings. The largest absolute Gasteiger partial charge is 0.373 e. The van der Waals surface area contributed by atoms with Crippen molar-refractivity contribution in [3.63, 3.8) is 0 Å². The van der Waals surface area contributed by atoms with Crippen molar-refractivity contribution >= 4 is 29.9 Å². The molecule has 1 aliphatic heterocycles. The minimum Gasteiger partial charge on any atom is -0.373 e. The fourth-order valence-corrected chi connectivity index (χ4v) is 1.86. The summed E-state index contributed by atoms with van der Waals surface area (Å²) in [6.07, 6.45) is 2.22. The van der Waals surface area contributed by atoms with Gasteiger partial charge in [-0.05, 0) is 33.6 Å². The molecule has 0 saturated carbocycles. The van der Waals surface area contributed by atoms with Crippen LogP contribution in [0.5, 0.6) is 0 Å². The molecule has 0 radical (unpaired) electrons. The minimum absolute atomic E-state index is 0. The van der Waals surface area contributed by atoms with Crippen LogP contribution in [0.25, 0.3) is 0 Å². The van der Waals surface area contributed by atoms with Gasteiger partial charge in [0.1, 0.15) is 0 Å². The lowest BCUT2D eigenvalue weighted by Crippen LogP contribution is -2.38. The fourth-order valence-electron chi connectivity index (χ4n) is 1.86. The van der Waals surface area contributed by atoms with Gasteiger partial charge in [0.05, 0.1) is 12.1 Å². The number of hydrogen-bond acceptors (Lipinski definition) is 2. The molecule has 5 heteroatoms. The highest BCUT2D eigenvalue weighted by Gasteiger charge is 2.29. The Labute approximate surface area is 116 Å². The third-order valence-corrected chi connectivity index (χ3v) is 2.96. The average molecular weight is 341 g/mol. The van der Waals surface area contributed by atoms with Crippen LogP contribution in [0.1, 0.15) is 33.6 Å². The SMILES string of the molecule is CCN(CC)C(N)=NCC1(C)CCCO1.I. The predicted octanol–water partition coefficient (Wildman–Crippen LogP) is 1.83. The number of guanidine groups is 1. The smallest absolute Gasteiger partial charge is 0.191 e. The van der Waals surface area contributed by atoms with Crippen LogP contribution in [0.4, 0.5) is 0 Å². The van der Waals surface area contributed by atoms with E-state index < -0.39 is 0 Å². The molecule has 2 N–H and O–H groups in total. The molecule has 0 bridgehead atoms. The van der Waals surface area contributed by atoms with Gasteiger partial charge < -0.3 is 15.4 Å². The van der Waals surface area contributed by atoms with Crippen molar-refractivity contribution in [2.24, 2.45) is 10.7 Å². The fraction of sp³-hybridized carbons (Fsp3) is 0.909. The number of hydrogen-bond donors (Lipinski definition) is 1. The second-order valence-corrected chi connectivity index (χ2v) is 4.25. The molecule has 4 nitrogen and oxygen atoms in total. The molecule has 1 atom stereocenters. The van der Waals surface area contributed by atoms with Crippen LogP contribution in [-0.2, 0) is 4.74 Å². The maximum atomic E-state index is 5.90. The lowest BCUT2D eigenvalue weighted by molar-refractivity contribution is 0.0282. The second-order valence-electron chi connectivity index (χ2n) is 4.25. The predicted molar refractivity (Wildman–Crippen MR) is 78.4 cm³/mol. The number of halogens is 1. The van der Waals surface area contributed by atoms with Gasteiger partial charge in [0.25, 0.3) is 0 Å². The molecule has 1 saturated heterocycles. The second kappa shape index (κ2) is 7.32. The highest BCUT2D eigenvalue weighted by Crippen LogP contribution is 2.24. The van der Waals surface area contributed by atoms with Crippen LogP contribution >= 0.6 is 24.0 Å². The van der Waals surface area contributed by atoms with Crippen molar-refractivity contribution in [3.8, 4) is 0 Å². The van der Waals surface area contributed by atoms with Gasteiger partial charge in [-0.2, -0.15) is 0 Å². The van der Waals surface area contributed by atoms with Crippen LogP contribution in [0.3, 0.4) is 0 Å². The van der Waals surface area contributed by atoms with E-state index in [9.17, 15) is 0 Å². The molecule has 0 aliphatic carbocycles. The van der Waals surface area contributed by atoms with Crippen molar-refractivity contribution < 1.29 is 4.74 Å².